The molecule has 1 aromatic heterocycles. The van der Waals surface area contributed by atoms with Gasteiger partial charge in [0.1, 0.15) is 11.6 Å². The zero-order valence-electron chi connectivity index (χ0n) is 9.06. The minimum atomic E-state index is 0.185. The van der Waals surface area contributed by atoms with Crippen LogP contribution in [0.4, 0.5) is 0 Å². The Kier molecular flexibility index (Phi) is 4.03. The molecule has 0 saturated heterocycles. The maximum atomic E-state index is 8.84. The van der Waals surface area contributed by atoms with Gasteiger partial charge in [-0.3, -0.25) is 4.90 Å². The summed E-state index contributed by atoms with van der Waals surface area (Å²) in [5.41, 5.74) is 0. The Balaban J connectivity index is 2.62. The highest BCUT2D eigenvalue weighted by Crippen LogP contribution is 2.02. The lowest BCUT2D eigenvalue weighted by Crippen LogP contribution is -2.27. The predicted octanol–water partition coefficient (Wildman–Crippen LogP) is -0.0623. The summed E-state index contributed by atoms with van der Waals surface area (Å²) in [5.74, 6) is 1.86. The first-order valence-electron chi connectivity index (χ1n) is 4.87. The molecule has 0 unspecified atom stereocenters. The fourth-order valence-corrected chi connectivity index (χ4v) is 1.28. The van der Waals surface area contributed by atoms with Gasteiger partial charge in [-0.05, 0) is 13.5 Å². The minimum absolute atomic E-state index is 0.185. The van der Waals surface area contributed by atoms with Crippen molar-refractivity contribution in [3.05, 3.63) is 11.6 Å². The SMILES string of the molecule is CCN(CCO)Cc1nnc(C)n1C. The van der Waals surface area contributed by atoms with Gasteiger partial charge in [0.15, 0.2) is 0 Å². The van der Waals surface area contributed by atoms with Gasteiger partial charge in [-0.15, -0.1) is 10.2 Å². The third-order valence-corrected chi connectivity index (χ3v) is 2.41. The number of aliphatic hydroxyl groups excluding tert-OH is 1. The Labute approximate surface area is 84.4 Å². The average Bonchev–Trinajstić information content (AvgIpc) is 2.49. The normalized spacial score (nSPS) is 11.2. The molecule has 0 aliphatic carbocycles. The summed E-state index contributed by atoms with van der Waals surface area (Å²) in [5, 5.41) is 16.9. The highest BCUT2D eigenvalue weighted by molar-refractivity contribution is 4.92. The number of nitrogens with zero attached hydrogens (tertiary/aromatic N) is 4. The molecule has 0 aliphatic rings. The first-order chi connectivity index (χ1) is 6.69. The van der Waals surface area contributed by atoms with Crippen LogP contribution in [-0.4, -0.2) is 44.5 Å². The summed E-state index contributed by atoms with van der Waals surface area (Å²) in [7, 11) is 1.96. The molecule has 80 valence electrons. The van der Waals surface area contributed by atoms with E-state index in [1.807, 2.05) is 18.5 Å². The number of hydrogen-bond acceptors (Lipinski definition) is 4. The van der Waals surface area contributed by atoms with Crippen molar-refractivity contribution in [2.24, 2.45) is 7.05 Å². The number of aryl methyl sites for hydroxylation is 1. The molecule has 1 aromatic rings. The molecule has 0 aromatic carbocycles. The molecule has 1 rings (SSSR count). The van der Waals surface area contributed by atoms with Crippen LogP contribution < -0.4 is 0 Å². The molecule has 5 nitrogen and oxygen atoms in total. The molecule has 0 aliphatic heterocycles. The van der Waals surface area contributed by atoms with E-state index in [2.05, 4.69) is 22.0 Å². The number of hydrogen-bond donors (Lipinski definition) is 1. The lowest BCUT2D eigenvalue weighted by atomic mass is 10.4. The van der Waals surface area contributed by atoms with Crippen LogP contribution in [0.3, 0.4) is 0 Å². The van der Waals surface area contributed by atoms with Crippen LogP contribution >= 0.6 is 0 Å². The first kappa shape index (κ1) is 11.1. The third kappa shape index (κ3) is 2.52. The van der Waals surface area contributed by atoms with Crippen molar-refractivity contribution >= 4 is 0 Å². The van der Waals surface area contributed by atoms with E-state index in [0.717, 1.165) is 24.7 Å². The number of rotatable bonds is 5. The van der Waals surface area contributed by atoms with E-state index in [4.69, 9.17) is 5.11 Å². The number of aliphatic hydroxyl groups is 1. The molecule has 0 radical (unpaired) electrons. The van der Waals surface area contributed by atoms with Gasteiger partial charge in [-0.2, -0.15) is 0 Å². The Morgan fingerprint density at radius 1 is 1.43 bits per heavy atom. The van der Waals surface area contributed by atoms with Gasteiger partial charge in [0, 0.05) is 13.6 Å². The zero-order valence-corrected chi connectivity index (χ0v) is 9.06. The van der Waals surface area contributed by atoms with Crippen molar-refractivity contribution in [1.29, 1.82) is 0 Å². The molecule has 0 saturated carbocycles. The minimum Gasteiger partial charge on any atom is -0.395 e. The predicted molar refractivity (Wildman–Crippen MR) is 53.8 cm³/mol. The van der Waals surface area contributed by atoms with Crippen LogP contribution in [-0.2, 0) is 13.6 Å². The third-order valence-electron chi connectivity index (χ3n) is 2.41. The van der Waals surface area contributed by atoms with Crippen LogP contribution in [0.25, 0.3) is 0 Å². The van der Waals surface area contributed by atoms with Crippen molar-refractivity contribution in [3.63, 3.8) is 0 Å². The largest absolute Gasteiger partial charge is 0.395 e. The Morgan fingerprint density at radius 2 is 2.14 bits per heavy atom. The summed E-state index contributed by atoms with van der Waals surface area (Å²) >= 11 is 0. The van der Waals surface area contributed by atoms with E-state index in [9.17, 15) is 0 Å². The van der Waals surface area contributed by atoms with Crippen molar-refractivity contribution in [2.45, 2.75) is 20.4 Å². The van der Waals surface area contributed by atoms with Crippen LogP contribution in [0.15, 0.2) is 0 Å². The van der Waals surface area contributed by atoms with Crippen LogP contribution in [0.2, 0.25) is 0 Å². The summed E-state index contributed by atoms with van der Waals surface area (Å²) in [6.45, 7) is 6.52. The molecular weight excluding hydrogens is 180 g/mol. The van der Waals surface area contributed by atoms with Gasteiger partial charge in [0.2, 0.25) is 0 Å². The van der Waals surface area contributed by atoms with Crippen molar-refractivity contribution in [1.82, 2.24) is 19.7 Å². The first-order valence-corrected chi connectivity index (χ1v) is 4.87. The van der Waals surface area contributed by atoms with Gasteiger partial charge < -0.3 is 9.67 Å². The van der Waals surface area contributed by atoms with E-state index in [-0.39, 0.29) is 6.61 Å². The van der Waals surface area contributed by atoms with Crippen LogP contribution in [0.5, 0.6) is 0 Å². The molecule has 1 heterocycles. The van der Waals surface area contributed by atoms with Gasteiger partial charge in [0.25, 0.3) is 0 Å². The van der Waals surface area contributed by atoms with Gasteiger partial charge in [0.05, 0.1) is 13.2 Å². The van der Waals surface area contributed by atoms with E-state index in [1.165, 1.54) is 0 Å². The summed E-state index contributed by atoms with van der Waals surface area (Å²) < 4.78 is 1.97. The lowest BCUT2D eigenvalue weighted by Gasteiger charge is -2.17. The second-order valence-corrected chi connectivity index (χ2v) is 3.31. The molecular formula is C9H18N4O. The van der Waals surface area contributed by atoms with Crippen molar-refractivity contribution in [2.75, 3.05) is 19.7 Å². The highest BCUT2D eigenvalue weighted by atomic mass is 16.3. The van der Waals surface area contributed by atoms with Gasteiger partial charge in [-0.1, -0.05) is 6.92 Å². The fraction of sp³-hybridized carbons (Fsp3) is 0.778. The van der Waals surface area contributed by atoms with E-state index in [1.54, 1.807) is 0 Å². The molecule has 5 heteroatoms. The Bertz CT molecular complexity index is 284. The molecule has 14 heavy (non-hydrogen) atoms. The van der Waals surface area contributed by atoms with Crippen molar-refractivity contribution < 1.29 is 5.11 Å². The number of likely N-dealkylation sites (N-methyl/N-ethyl adjacent to an activating group) is 1. The zero-order chi connectivity index (χ0) is 10.6. The smallest absolute Gasteiger partial charge is 0.146 e. The molecule has 1 N–H and O–H groups in total. The second-order valence-electron chi connectivity index (χ2n) is 3.31. The molecule has 0 amide bonds. The molecule has 0 bridgehead atoms. The average molecular weight is 198 g/mol. The lowest BCUT2D eigenvalue weighted by molar-refractivity contribution is 0.192. The topological polar surface area (TPSA) is 54.2 Å². The molecule has 0 fully saturated rings. The molecule has 0 atom stereocenters. The summed E-state index contributed by atoms with van der Waals surface area (Å²) in [6.07, 6.45) is 0. The van der Waals surface area contributed by atoms with E-state index in [0.29, 0.717) is 6.54 Å². The van der Waals surface area contributed by atoms with E-state index < -0.39 is 0 Å². The molecule has 0 spiro atoms. The van der Waals surface area contributed by atoms with Gasteiger partial charge in [-0.25, -0.2) is 0 Å². The Hall–Kier alpha value is -0.940. The highest BCUT2D eigenvalue weighted by Gasteiger charge is 2.09. The maximum absolute atomic E-state index is 8.84. The summed E-state index contributed by atoms with van der Waals surface area (Å²) in [4.78, 5) is 2.13. The van der Waals surface area contributed by atoms with Gasteiger partial charge >= 0.3 is 0 Å². The van der Waals surface area contributed by atoms with Crippen LogP contribution in [0.1, 0.15) is 18.6 Å². The van der Waals surface area contributed by atoms with E-state index >= 15 is 0 Å². The van der Waals surface area contributed by atoms with Crippen LogP contribution in [0, 0.1) is 6.92 Å². The standard InChI is InChI=1S/C9H18N4O/c1-4-13(5-6-14)7-9-11-10-8(2)12(9)3/h14H,4-7H2,1-3H3. The van der Waals surface area contributed by atoms with Crippen molar-refractivity contribution in [3.8, 4) is 0 Å². The summed E-state index contributed by atoms with van der Waals surface area (Å²) in [6, 6.07) is 0. The fourth-order valence-electron chi connectivity index (χ4n) is 1.28. The maximum Gasteiger partial charge on any atom is 0.146 e. The Morgan fingerprint density at radius 3 is 2.57 bits per heavy atom. The quantitative estimate of drug-likeness (QED) is 0.720. The monoisotopic (exact) mass is 198 g/mol. The number of aromatic nitrogens is 3. The second kappa shape index (κ2) is 5.07.